The maximum Gasteiger partial charge on any atom is 0.262 e. The number of benzene rings is 2. The molecule has 2 aromatic rings. The minimum atomic E-state index is -2.72. The molecule has 0 saturated carbocycles. The average Bonchev–Trinajstić information content (AvgIpc) is 3.01. The predicted octanol–water partition coefficient (Wildman–Crippen LogP) is 3.45. The van der Waals surface area contributed by atoms with Crippen LogP contribution >= 0.6 is 0 Å². The highest BCUT2D eigenvalue weighted by atomic mass is 19.3. The Morgan fingerprint density at radius 1 is 1.13 bits per heavy atom. The first-order valence-corrected chi connectivity index (χ1v) is 10.1. The molecule has 0 radical (unpaired) electrons. The van der Waals surface area contributed by atoms with Crippen LogP contribution in [-0.2, 0) is 11.3 Å². The first-order chi connectivity index (χ1) is 14.4. The molecule has 0 N–H and O–H groups in total. The van der Waals surface area contributed by atoms with Crippen molar-refractivity contribution in [2.75, 3.05) is 33.4 Å². The number of carbonyl (C=O) groups excluding carboxylic acids is 1. The summed E-state index contributed by atoms with van der Waals surface area (Å²) >= 11 is 0. The van der Waals surface area contributed by atoms with E-state index >= 15 is 0 Å². The van der Waals surface area contributed by atoms with Crippen LogP contribution < -0.4 is 4.74 Å². The molecular formula is C23H26F2N2O3. The number of halogens is 2. The zero-order valence-corrected chi connectivity index (χ0v) is 17.0. The van der Waals surface area contributed by atoms with Crippen molar-refractivity contribution in [1.82, 2.24) is 9.80 Å². The third-order valence-corrected chi connectivity index (χ3v) is 5.77. The molecule has 160 valence electrons. The molecule has 1 amide bonds. The van der Waals surface area contributed by atoms with Gasteiger partial charge in [-0.25, -0.2) is 8.78 Å². The number of nitrogens with zero attached hydrogens (tertiary/aromatic N) is 2. The third kappa shape index (κ3) is 4.63. The summed E-state index contributed by atoms with van der Waals surface area (Å²) in [5, 5.41) is 0. The highest BCUT2D eigenvalue weighted by Crippen LogP contribution is 2.36. The van der Waals surface area contributed by atoms with E-state index in [0.717, 1.165) is 5.56 Å². The number of carbonyl (C=O) groups is 1. The Labute approximate surface area is 175 Å². The van der Waals surface area contributed by atoms with Gasteiger partial charge in [0.05, 0.1) is 26.9 Å². The van der Waals surface area contributed by atoms with Gasteiger partial charge in [-0.05, 0) is 23.8 Å². The molecular weight excluding hydrogens is 390 g/mol. The average molecular weight is 416 g/mol. The van der Waals surface area contributed by atoms with Gasteiger partial charge in [0.25, 0.3) is 11.8 Å². The van der Waals surface area contributed by atoms with Crippen molar-refractivity contribution < 1.29 is 23.0 Å². The van der Waals surface area contributed by atoms with Crippen LogP contribution in [0.15, 0.2) is 54.6 Å². The Morgan fingerprint density at radius 2 is 1.90 bits per heavy atom. The first-order valence-electron chi connectivity index (χ1n) is 10.1. The first kappa shape index (κ1) is 20.8. The molecule has 0 aromatic heterocycles. The second-order valence-corrected chi connectivity index (χ2v) is 7.98. The molecule has 0 unspecified atom stereocenters. The molecule has 2 saturated heterocycles. The largest absolute Gasteiger partial charge is 0.497 e. The summed E-state index contributed by atoms with van der Waals surface area (Å²) in [5.74, 6) is -2.21. The standard InChI is InChI=1S/C23H26F2N2O3/c1-29-21-9-5-8-18(10-21)22(28)26-12-20(13-26)27-16-23(24,25)11-19(27)15-30-14-17-6-3-2-4-7-17/h2-10,19-20H,11-16H2,1H3/t19-/m0/s1. The summed E-state index contributed by atoms with van der Waals surface area (Å²) in [7, 11) is 1.55. The van der Waals surface area contributed by atoms with Crippen LogP contribution in [0, 0.1) is 0 Å². The van der Waals surface area contributed by atoms with Crippen LogP contribution in [0.4, 0.5) is 8.78 Å². The van der Waals surface area contributed by atoms with Gasteiger partial charge in [0, 0.05) is 37.2 Å². The minimum absolute atomic E-state index is 0.0711. The quantitative estimate of drug-likeness (QED) is 0.694. The second-order valence-electron chi connectivity index (χ2n) is 7.98. The summed E-state index contributed by atoms with van der Waals surface area (Å²) < 4.78 is 39.2. The zero-order chi connectivity index (χ0) is 21.1. The number of hydrogen-bond acceptors (Lipinski definition) is 4. The Hall–Kier alpha value is -2.51. The molecule has 30 heavy (non-hydrogen) atoms. The number of ether oxygens (including phenoxy) is 2. The number of alkyl halides is 2. The fraction of sp³-hybridized carbons (Fsp3) is 0.435. The SMILES string of the molecule is COc1cccc(C(=O)N2CC(N3CC(F)(F)C[C@H]3COCc3ccccc3)C2)c1. The van der Waals surface area contributed by atoms with Crippen molar-refractivity contribution in [3.05, 3.63) is 65.7 Å². The van der Waals surface area contributed by atoms with Crippen LogP contribution in [0.1, 0.15) is 22.3 Å². The van der Waals surface area contributed by atoms with Crippen molar-refractivity contribution in [3.63, 3.8) is 0 Å². The lowest BCUT2D eigenvalue weighted by molar-refractivity contribution is -0.0161. The van der Waals surface area contributed by atoms with Crippen LogP contribution in [0.25, 0.3) is 0 Å². The fourth-order valence-corrected chi connectivity index (χ4v) is 4.16. The van der Waals surface area contributed by atoms with E-state index in [1.165, 1.54) is 0 Å². The van der Waals surface area contributed by atoms with E-state index < -0.39 is 5.92 Å². The van der Waals surface area contributed by atoms with Gasteiger partial charge in [-0.2, -0.15) is 0 Å². The summed E-state index contributed by atoms with van der Waals surface area (Å²) in [5.41, 5.74) is 1.56. The van der Waals surface area contributed by atoms with Gasteiger partial charge in [0.2, 0.25) is 0 Å². The van der Waals surface area contributed by atoms with Crippen LogP contribution in [-0.4, -0.2) is 67.1 Å². The third-order valence-electron chi connectivity index (χ3n) is 5.77. The van der Waals surface area contributed by atoms with Crippen molar-refractivity contribution in [3.8, 4) is 5.75 Å². The lowest BCUT2D eigenvalue weighted by Gasteiger charge is -2.45. The predicted molar refractivity (Wildman–Crippen MR) is 109 cm³/mol. The number of amides is 1. The summed E-state index contributed by atoms with van der Waals surface area (Å²) in [6, 6.07) is 16.3. The van der Waals surface area contributed by atoms with Crippen molar-refractivity contribution in [2.45, 2.75) is 31.0 Å². The van der Waals surface area contributed by atoms with E-state index in [1.54, 1.807) is 36.3 Å². The normalized spacial score (nSPS) is 21.4. The van der Waals surface area contributed by atoms with E-state index in [0.29, 0.717) is 31.0 Å². The highest BCUT2D eigenvalue weighted by Gasteiger charge is 2.50. The van der Waals surface area contributed by atoms with Crippen LogP contribution in [0.5, 0.6) is 5.75 Å². The summed E-state index contributed by atoms with van der Waals surface area (Å²) in [4.78, 5) is 16.2. The van der Waals surface area contributed by atoms with Gasteiger partial charge < -0.3 is 14.4 Å². The van der Waals surface area contributed by atoms with Gasteiger partial charge in [0.1, 0.15) is 5.75 Å². The maximum atomic E-state index is 14.1. The second kappa shape index (κ2) is 8.70. The molecule has 1 atom stereocenters. The maximum absolute atomic E-state index is 14.1. The molecule has 0 aliphatic carbocycles. The van der Waals surface area contributed by atoms with Gasteiger partial charge in [0.15, 0.2) is 0 Å². The molecule has 2 aromatic carbocycles. The number of methoxy groups -OCH3 is 1. The molecule has 2 aliphatic heterocycles. The monoisotopic (exact) mass is 416 g/mol. The molecule has 0 bridgehead atoms. The topological polar surface area (TPSA) is 42.0 Å². The Balaban J connectivity index is 1.32. The number of likely N-dealkylation sites (tertiary alicyclic amines) is 2. The van der Waals surface area contributed by atoms with E-state index in [1.807, 2.05) is 35.2 Å². The van der Waals surface area contributed by atoms with Crippen molar-refractivity contribution >= 4 is 5.91 Å². The minimum Gasteiger partial charge on any atom is -0.497 e. The fourth-order valence-electron chi connectivity index (χ4n) is 4.16. The van der Waals surface area contributed by atoms with Crippen LogP contribution in [0.3, 0.4) is 0 Å². The van der Waals surface area contributed by atoms with Gasteiger partial charge in [-0.15, -0.1) is 0 Å². The van der Waals surface area contributed by atoms with Gasteiger partial charge >= 0.3 is 0 Å². The molecule has 5 nitrogen and oxygen atoms in total. The Kier molecular flexibility index (Phi) is 6.01. The van der Waals surface area contributed by atoms with Gasteiger partial charge in [-0.1, -0.05) is 36.4 Å². The van der Waals surface area contributed by atoms with Crippen LogP contribution in [0.2, 0.25) is 0 Å². The lowest BCUT2D eigenvalue weighted by Crippen LogP contribution is -2.62. The van der Waals surface area contributed by atoms with E-state index in [2.05, 4.69) is 0 Å². The molecule has 2 aliphatic rings. The van der Waals surface area contributed by atoms with E-state index in [-0.39, 0.29) is 37.6 Å². The molecule has 7 heteroatoms. The van der Waals surface area contributed by atoms with E-state index in [4.69, 9.17) is 9.47 Å². The van der Waals surface area contributed by atoms with Gasteiger partial charge in [-0.3, -0.25) is 9.69 Å². The highest BCUT2D eigenvalue weighted by molar-refractivity contribution is 5.95. The Bertz CT molecular complexity index is 872. The summed E-state index contributed by atoms with van der Waals surface area (Å²) in [6.45, 7) is 1.27. The molecule has 0 spiro atoms. The van der Waals surface area contributed by atoms with Crippen molar-refractivity contribution in [2.24, 2.45) is 0 Å². The summed E-state index contributed by atoms with van der Waals surface area (Å²) in [6.07, 6.45) is -0.206. The molecule has 2 fully saturated rings. The molecule has 4 rings (SSSR count). The number of rotatable bonds is 7. The number of hydrogen-bond donors (Lipinski definition) is 0. The smallest absolute Gasteiger partial charge is 0.262 e. The van der Waals surface area contributed by atoms with Crippen molar-refractivity contribution in [1.29, 1.82) is 0 Å². The zero-order valence-electron chi connectivity index (χ0n) is 17.0. The lowest BCUT2D eigenvalue weighted by atomic mass is 10.0. The van der Waals surface area contributed by atoms with E-state index in [9.17, 15) is 13.6 Å². The Morgan fingerprint density at radius 3 is 2.63 bits per heavy atom. The molecule has 2 heterocycles.